The minimum Gasteiger partial charge on any atom is -0.462 e. The third-order valence-corrected chi connectivity index (χ3v) is 12.7. The Kier molecular flexibility index (Phi) is 54.8. The van der Waals surface area contributed by atoms with Gasteiger partial charge in [-0.2, -0.15) is 0 Å². The van der Waals surface area contributed by atoms with E-state index in [-0.39, 0.29) is 37.5 Å². The molecule has 1 atom stereocenters. The molecule has 0 saturated carbocycles. The Hall–Kier alpha value is -3.15. The van der Waals surface area contributed by atoms with Crippen LogP contribution in [0.3, 0.4) is 0 Å². The first-order chi connectivity index (χ1) is 34.0. The Bertz CT molecular complexity index is 1290. The zero-order valence-electron chi connectivity index (χ0n) is 45.6. The molecular weight excluding hydrogens is 853 g/mol. The fourth-order valence-corrected chi connectivity index (χ4v) is 8.19. The van der Waals surface area contributed by atoms with Gasteiger partial charge in [0.05, 0.1) is 0 Å². The second-order valence-electron chi connectivity index (χ2n) is 19.5. The Morgan fingerprint density at radius 3 is 0.899 bits per heavy atom. The summed E-state index contributed by atoms with van der Waals surface area (Å²) >= 11 is 0. The Labute approximate surface area is 427 Å². The molecule has 0 aliphatic rings. The third kappa shape index (κ3) is 55.6. The summed E-state index contributed by atoms with van der Waals surface area (Å²) in [5.41, 5.74) is 0. The normalized spacial score (nSPS) is 12.6. The van der Waals surface area contributed by atoms with E-state index in [4.69, 9.17) is 14.2 Å². The van der Waals surface area contributed by atoms with Crippen LogP contribution in [0.2, 0.25) is 0 Å². The highest BCUT2D eigenvalue weighted by Crippen LogP contribution is 2.15. The van der Waals surface area contributed by atoms with Crippen molar-refractivity contribution < 1.29 is 28.6 Å². The molecular formula is C63H110O6. The Morgan fingerprint density at radius 2 is 0.536 bits per heavy atom. The minimum atomic E-state index is -0.808. The van der Waals surface area contributed by atoms with Crippen molar-refractivity contribution in [3.05, 3.63) is 72.9 Å². The molecule has 0 fully saturated rings. The van der Waals surface area contributed by atoms with Crippen LogP contribution in [0.5, 0.6) is 0 Å². The quantitative estimate of drug-likeness (QED) is 0.0262. The Morgan fingerprint density at radius 1 is 0.290 bits per heavy atom. The largest absolute Gasteiger partial charge is 0.462 e. The molecule has 0 aromatic heterocycles. The standard InChI is InChI=1S/C63H110O6/c1-4-7-10-13-16-19-22-25-28-30-31-33-35-38-41-44-47-50-53-56-62(65)68-59-60(58-67-61(64)55-52-49-46-43-40-37-34-27-24-21-18-15-12-9-6-3)69-63(66)57-54-51-48-45-42-39-36-32-29-26-23-20-17-14-11-8-5-2/h17,20,25-29,34,36,39,45,48,60H,4-16,18-19,21-24,30-33,35,37-38,40-44,46-47,49-59H2,1-3H3/b20-17-,28-25-,29-26-,34-27-,39-36-,48-45-/t60-/m0/s1. The van der Waals surface area contributed by atoms with E-state index >= 15 is 0 Å². The highest BCUT2D eigenvalue weighted by Gasteiger charge is 2.19. The van der Waals surface area contributed by atoms with E-state index in [0.29, 0.717) is 19.3 Å². The molecule has 6 heteroatoms. The van der Waals surface area contributed by atoms with E-state index in [1.54, 1.807) is 0 Å². The van der Waals surface area contributed by atoms with Gasteiger partial charge in [-0.1, -0.05) is 235 Å². The number of carbonyl (C=O) groups excluding carboxylic acids is 3. The fraction of sp³-hybridized carbons (Fsp3) is 0.762. The molecule has 0 amide bonds. The Balaban J connectivity index is 4.45. The van der Waals surface area contributed by atoms with Crippen LogP contribution in [0.1, 0.15) is 290 Å². The molecule has 0 saturated heterocycles. The summed E-state index contributed by atoms with van der Waals surface area (Å²) in [6, 6.07) is 0. The lowest BCUT2D eigenvalue weighted by atomic mass is 10.1. The van der Waals surface area contributed by atoms with Gasteiger partial charge in [-0.05, 0) is 109 Å². The summed E-state index contributed by atoms with van der Waals surface area (Å²) in [6.45, 7) is 6.57. The van der Waals surface area contributed by atoms with E-state index < -0.39 is 6.10 Å². The molecule has 0 aliphatic carbocycles. The van der Waals surface area contributed by atoms with Gasteiger partial charge in [0.2, 0.25) is 0 Å². The average molecular weight is 964 g/mol. The van der Waals surface area contributed by atoms with Crippen molar-refractivity contribution in [2.45, 2.75) is 297 Å². The highest BCUT2D eigenvalue weighted by molar-refractivity contribution is 5.71. The number of hydrogen-bond acceptors (Lipinski definition) is 6. The van der Waals surface area contributed by atoms with Gasteiger partial charge in [-0.25, -0.2) is 0 Å². The third-order valence-electron chi connectivity index (χ3n) is 12.7. The lowest BCUT2D eigenvalue weighted by Crippen LogP contribution is -2.30. The molecule has 0 radical (unpaired) electrons. The van der Waals surface area contributed by atoms with Gasteiger partial charge in [0, 0.05) is 19.3 Å². The maximum atomic E-state index is 12.8. The summed E-state index contributed by atoms with van der Waals surface area (Å²) in [6.07, 6.45) is 73.2. The van der Waals surface area contributed by atoms with Crippen molar-refractivity contribution in [1.82, 2.24) is 0 Å². The summed E-state index contributed by atoms with van der Waals surface area (Å²) in [7, 11) is 0. The van der Waals surface area contributed by atoms with Crippen LogP contribution in [-0.4, -0.2) is 37.2 Å². The number of allylic oxidation sites excluding steroid dienone is 12. The van der Waals surface area contributed by atoms with Crippen LogP contribution < -0.4 is 0 Å². The lowest BCUT2D eigenvalue weighted by Gasteiger charge is -2.18. The second-order valence-corrected chi connectivity index (χ2v) is 19.5. The lowest BCUT2D eigenvalue weighted by molar-refractivity contribution is -0.167. The summed E-state index contributed by atoms with van der Waals surface area (Å²) < 4.78 is 16.8. The maximum absolute atomic E-state index is 12.8. The zero-order valence-corrected chi connectivity index (χ0v) is 45.6. The number of ether oxygens (including phenoxy) is 3. The van der Waals surface area contributed by atoms with Crippen molar-refractivity contribution in [2.24, 2.45) is 0 Å². The predicted octanol–water partition coefficient (Wildman–Crippen LogP) is 19.8. The molecule has 0 aromatic carbocycles. The van der Waals surface area contributed by atoms with Crippen molar-refractivity contribution in [3.8, 4) is 0 Å². The first kappa shape index (κ1) is 65.8. The molecule has 0 spiro atoms. The highest BCUT2D eigenvalue weighted by atomic mass is 16.6. The van der Waals surface area contributed by atoms with Crippen LogP contribution in [0.25, 0.3) is 0 Å². The smallest absolute Gasteiger partial charge is 0.306 e. The minimum absolute atomic E-state index is 0.0999. The van der Waals surface area contributed by atoms with Gasteiger partial charge in [0.25, 0.3) is 0 Å². The van der Waals surface area contributed by atoms with Crippen LogP contribution in [-0.2, 0) is 28.6 Å². The number of unbranched alkanes of at least 4 members (excludes halogenated alkanes) is 30. The van der Waals surface area contributed by atoms with Crippen LogP contribution in [0, 0.1) is 0 Å². The van der Waals surface area contributed by atoms with Gasteiger partial charge in [0.15, 0.2) is 6.10 Å². The van der Waals surface area contributed by atoms with Crippen LogP contribution in [0.15, 0.2) is 72.9 Å². The fourth-order valence-electron chi connectivity index (χ4n) is 8.19. The van der Waals surface area contributed by atoms with Crippen molar-refractivity contribution in [1.29, 1.82) is 0 Å². The molecule has 0 aliphatic heterocycles. The predicted molar refractivity (Wildman–Crippen MR) is 298 cm³/mol. The SMILES string of the molecule is CCCCC/C=C\C/C=C\C/C=C\C/C=C\CCCC(=O)O[C@@H](COC(=O)CCCCCCC/C=C\CCCCCCCC)COC(=O)CCCCCCCCCCC/C=C\CCCCCCCC. The molecule has 0 rings (SSSR count). The number of carbonyl (C=O) groups is 3. The molecule has 69 heavy (non-hydrogen) atoms. The van der Waals surface area contributed by atoms with E-state index in [0.717, 1.165) is 70.6 Å². The molecule has 6 nitrogen and oxygen atoms in total. The van der Waals surface area contributed by atoms with Crippen molar-refractivity contribution in [3.63, 3.8) is 0 Å². The number of rotatable bonds is 53. The topological polar surface area (TPSA) is 78.9 Å². The summed E-state index contributed by atoms with van der Waals surface area (Å²) in [5.74, 6) is -0.958. The van der Waals surface area contributed by atoms with Gasteiger partial charge in [0.1, 0.15) is 13.2 Å². The van der Waals surface area contributed by atoms with Gasteiger partial charge in [-0.15, -0.1) is 0 Å². The van der Waals surface area contributed by atoms with Crippen molar-refractivity contribution >= 4 is 17.9 Å². The molecule has 0 N–H and O–H groups in total. The molecule has 0 heterocycles. The maximum Gasteiger partial charge on any atom is 0.306 e. The molecule has 398 valence electrons. The van der Waals surface area contributed by atoms with Crippen molar-refractivity contribution in [2.75, 3.05) is 13.2 Å². The van der Waals surface area contributed by atoms with E-state index in [2.05, 4.69) is 93.7 Å². The summed E-state index contributed by atoms with van der Waals surface area (Å²) in [5, 5.41) is 0. The van der Waals surface area contributed by atoms with Gasteiger partial charge < -0.3 is 14.2 Å². The van der Waals surface area contributed by atoms with E-state index in [1.165, 1.54) is 173 Å². The van der Waals surface area contributed by atoms with Crippen LogP contribution >= 0.6 is 0 Å². The first-order valence-electron chi connectivity index (χ1n) is 29.4. The monoisotopic (exact) mass is 963 g/mol. The molecule has 0 aromatic rings. The van der Waals surface area contributed by atoms with Gasteiger partial charge in [-0.3, -0.25) is 14.4 Å². The van der Waals surface area contributed by atoms with Crippen LogP contribution in [0.4, 0.5) is 0 Å². The number of hydrogen-bond donors (Lipinski definition) is 0. The summed E-state index contributed by atoms with van der Waals surface area (Å²) in [4.78, 5) is 38.2. The number of esters is 3. The first-order valence-corrected chi connectivity index (χ1v) is 29.4. The van der Waals surface area contributed by atoms with E-state index in [9.17, 15) is 14.4 Å². The zero-order chi connectivity index (χ0) is 50.0. The second kappa shape index (κ2) is 57.4. The average Bonchev–Trinajstić information content (AvgIpc) is 3.35. The van der Waals surface area contributed by atoms with Gasteiger partial charge >= 0.3 is 17.9 Å². The molecule has 0 unspecified atom stereocenters. The molecule has 0 bridgehead atoms. The van der Waals surface area contributed by atoms with E-state index in [1.807, 2.05) is 0 Å².